The second-order valence-electron chi connectivity index (χ2n) is 5.89. The van der Waals surface area contributed by atoms with Crippen LogP contribution in [-0.4, -0.2) is 45.8 Å². The van der Waals surface area contributed by atoms with Crippen molar-refractivity contribution in [2.24, 2.45) is 4.99 Å². The van der Waals surface area contributed by atoms with Crippen LogP contribution in [0.3, 0.4) is 0 Å². The monoisotopic (exact) mass is 507 g/mol. The normalized spacial score (nSPS) is 10.6. The highest BCUT2D eigenvalue weighted by Gasteiger charge is 2.07. The molecule has 0 aliphatic carbocycles. The van der Waals surface area contributed by atoms with Crippen molar-refractivity contribution in [2.45, 2.75) is 46.0 Å². The summed E-state index contributed by atoms with van der Waals surface area (Å²) < 4.78 is 15.8. The zero-order valence-electron chi connectivity index (χ0n) is 17.4. The summed E-state index contributed by atoms with van der Waals surface area (Å²) in [5, 5.41) is 6.54. The molecule has 160 valence electrons. The molecule has 0 atom stereocenters. The highest BCUT2D eigenvalue weighted by molar-refractivity contribution is 14.0. The summed E-state index contributed by atoms with van der Waals surface area (Å²) in [6.45, 7) is 5.62. The van der Waals surface area contributed by atoms with E-state index in [9.17, 15) is 4.79 Å². The van der Waals surface area contributed by atoms with E-state index in [1.54, 1.807) is 14.2 Å². The maximum absolute atomic E-state index is 11.3. The van der Waals surface area contributed by atoms with Gasteiger partial charge in [0.2, 0.25) is 0 Å². The topological polar surface area (TPSA) is 81.2 Å². The summed E-state index contributed by atoms with van der Waals surface area (Å²) in [5.74, 6) is 1.99. The molecule has 0 fully saturated rings. The van der Waals surface area contributed by atoms with Gasteiger partial charge in [-0.1, -0.05) is 12.8 Å². The van der Waals surface area contributed by atoms with Crippen LogP contribution >= 0.6 is 24.0 Å². The summed E-state index contributed by atoms with van der Waals surface area (Å²) in [5.41, 5.74) is 0.873. The van der Waals surface area contributed by atoms with Crippen LogP contribution in [0, 0.1) is 0 Å². The van der Waals surface area contributed by atoms with Crippen LogP contribution < -0.4 is 20.1 Å². The average molecular weight is 507 g/mol. The largest absolute Gasteiger partial charge is 0.493 e. The number of ether oxygens (including phenoxy) is 3. The van der Waals surface area contributed by atoms with Crippen LogP contribution in [0.1, 0.15) is 46.0 Å². The first-order chi connectivity index (χ1) is 13.1. The highest BCUT2D eigenvalue weighted by Crippen LogP contribution is 2.30. The first-order valence-electron chi connectivity index (χ1n) is 9.58. The van der Waals surface area contributed by atoms with Crippen LogP contribution in [0.5, 0.6) is 11.5 Å². The molecule has 0 aromatic heterocycles. The molecule has 1 aromatic rings. The van der Waals surface area contributed by atoms with Gasteiger partial charge in [0.1, 0.15) is 0 Å². The van der Waals surface area contributed by atoms with Crippen molar-refractivity contribution in [3.8, 4) is 11.5 Å². The van der Waals surface area contributed by atoms with Crippen molar-refractivity contribution < 1.29 is 19.0 Å². The van der Waals surface area contributed by atoms with E-state index in [4.69, 9.17) is 14.2 Å². The zero-order valence-corrected chi connectivity index (χ0v) is 19.7. The summed E-state index contributed by atoms with van der Waals surface area (Å²) in [6, 6.07) is 5.69. The van der Waals surface area contributed by atoms with Crippen molar-refractivity contribution in [3.63, 3.8) is 0 Å². The minimum Gasteiger partial charge on any atom is -0.493 e. The van der Waals surface area contributed by atoms with Gasteiger partial charge in [-0.3, -0.25) is 9.79 Å². The van der Waals surface area contributed by atoms with E-state index in [2.05, 4.69) is 15.6 Å². The van der Waals surface area contributed by atoms with E-state index in [0.29, 0.717) is 31.3 Å². The molecule has 0 bridgehead atoms. The molecule has 7 nitrogen and oxygen atoms in total. The van der Waals surface area contributed by atoms with Gasteiger partial charge < -0.3 is 24.8 Å². The lowest BCUT2D eigenvalue weighted by molar-refractivity contribution is -0.143. The van der Waals surface area contributed by atoms with Gasteiger partial charge in [0.05, 0.1) is 20.3 Å². The van der Waals surface area contributed by atoms with Gasteiger partial charge in [-0.2, -0.15) is 0 Å². The van der Waals surface area contributed by atoms with Gasteiger partial charge in [0.15, 0.2) is 17.5 Å². The summed E-state index contributed by atoms with van der Waals surface area (Å²) in [4.78, 5) is 15.5. The standard InChI is InChI=1S/C20H33N3O4.HI/c1-5-26-17-13-12-16(15-18(17)25-4)23-20(21-3)22-14-10-8-7-9-11-19(24)27-6-2;/h12-13,15H,5-11,14H2,1-4H3,(H2,21,22,23);1H. The fraction of sp³-hybridized carbons (Fsp3) is 0.600. The molecule has 0 aliphatic rings. The predicted molar refractivity (Wildman–Crippen MR) is 124 cm³/mol. The number of nitrogens with one attached hydrogen (secondary N) is 2. The lowest BCUT2D eigenvalue weighted by Crippen LogP contribution is -2.31. The molecule has 0 radical (unpaired) electrons. The Hall–Kier alpha value is -1.71. The number of nitrogens with zero attached hydrogens (tertiary/aromatic N) is 1. The van der Waals surface area contributed by atoms with Gasteiger partial charge in [-0.25, -0.2) is 0 Å². The van der Waals surface area contributed by atoms with Crippen molar-refractivity contribution in [1.82, 2.24) is 5.32 Å². The Morgan fingerprint density at radius 2 is 1.82 bits per heavy atom. The summed E-state index contributed by atoms with van der Waals surface area (Å²) in [7, 11) is 3.36. The number of hydrogen-bond acceptors (Lipinski definition) is 5. The third-order valence-corrected chi connectivity index (χ3v) is 3.86. The van der Waals surface area contributed by atoms with Crippen molar-refractivity contribution in [2.75, 3.05) is 39.2 Å². The van der Waals surface area contributed by atoms with Crippen LogP contribution in [0.4, 0.5) is 5.69 Å². The van der Waals surface area contributed by atoms with Crippen LogP contribution in [-0.2, 0) is 9.53 Å². The number of methoxy groups -OCH3 is 1. The van der Waals surface area contributed by atoms with Crippen molar-refractivity contribution in [1.29, 1.82) is 0 Å². The Morgan fingerprint density at radius 3 is 2.46 bits per heavy atom. The molecule has 0 spiro atoms. The van der Waals surface area contributed by atoms with Gasteiger partial charge in [-0.15, -0.1) is 24.0 Å². The van der Waals surface area contributed by atoms with E-state index in [0.717, 1.165) is 43.7 Å². The van der Waals surface area contributed by atoms with E-state index in [1.807, 2.05) is 32.0 Å². The molecule has 0 unspecified atom stereocenters. The second-order valence-corrected chi connectivity index (χ2v) is 5.89. The Bertz CT molecular complexity index is 597. The molecule has 0 heterocycles. The van der Waals surface area contributed by atoms with Gasteiger partial charge in [0.25, 0.3) is 0 Å². The number of carbonyl (C=O) groups is 1. The fourth-order valence-electron chi connectivity index (χ4n) is 2.52. The van der Waals surface area contributed by atoms with E-state index >= 15 is 0 Å². The fourth-order valence-corrected chi connectivity index (χ4v) is 2.52. The van der Waals surface area contributed by atoms with Crippen molar-refractivity contribution >= 4 is 41.6 Å². The number of carbonyl (C=O) groups excluding carboxylic acids is 1. The maximum atomic E-state index is 11.3. The Kier molecular flexibility index (Phi) is 15.3. The number of unbranched alkanes of at least 4 members (excludes halogenated alkanes) is 3. The highest BCUT2D eigenvalue weighted by atomic mass is 127. The summed E-state index contributed by atoms with van der Waals surface area (Å²) in [6.07, 6.45) is 4.46. The number of benzene rings is 1. The third kappa shape index (κ3) is 10.6. The van der Waals surface area contributed by atoms with E-state index in [1.165, 1.54) is 0 Å². The quantitative estimate of drug-likeness (QED) is 0.145. The number of esters is 1. The SMILES string of the molecule is CCOC(=O)CCCCCCNC(=NC)Nc1ccc(OCC)c(OC)c1.I. The molecule has 28 heavy (non-hydrogen) atoms. The molecule has 1 rings (SSSR count). The number of rotatable bonds is 12. The van der Waals surface area contributed by atoms with Gasteiger partial charge in [0, 0.05) is 31.8 Å². The first-order valence-corrected chi connectivity index (χ1v) is 9.58. The number of anilines is 1. The van der Waals surface area contributed by atoms with E-state index in [-0.39, 0.29) is 29.9 Å². The van der Waals surface area contributed by atoms with Gasteiger partial charge in [-0.05, 0) is 38.8 Å². The van der Waals surface area contributed by atoms with Crippen LogP contribution in [0.2, 0.25) is 0 Å². The van der Waals surface area contributed by atoms with E-state index < -0.39 is 0 Å². The molecular weight excluding hydrogens is 473 g/mol. The smallest absolute Gasteiger partial charge is 0.305 e. The minimum absolute atomic E-state index is 0. The third-order valence-electron chi connectivity index (χ3n) is 3.86. The number of aliphatic imine (C=N–C) groups is 1. The van der Waals surface area contributed by atoms with Gasteiger partial charge >= 0.3 is 5.97 Å². The first kappa shape index (κ1) is 26.3. The maximum Gasteiger partial charge on any atom is 0.305 e. The van der Waals surface area contributed by atoms with Crippen molar-refractivity contribution in [3.05, 3.63) is 18.2 Å². The second kappa shape index (κ2) is 16.3. The molecular formula is C20H34IN3O4. The molecule has 2 N–H and O–H groups in total. The Balaban J connectivity index is 0.00000729. The molecule has 8 heteroatoms. The zero-order chi connectivity index (χ0) is 19.9. The number of hydrogen-bond donors (Lipinski definition) is 2. The molecule has 0 amide bonds. The Morgan fingerprint density at radius 1 is 1.07 bits per heavy atom. The summed E-state index contributed by atoms with van der Waals surface area (Å²) >= 11 is 0. The number of guanidine groups is 1. The molecule has 0 saturated carbocycles. The Labute approximate surface area is 185 Å². The minimum atomic E-state index is -0.106. The van der Waals surface area contributed by atoms with Crippen LogP contribution in [0.25, 0.3) is 0 Å². The molecule has 0 saturated heterocycles. The average Bonchev–Trinajstić information content (AvgIpc) is 2.67. The molecule has 0 aliphatic heterocycles. The predicted octanol–water partition coefficient (Wildman–Crippen LogP) is 4.21. The lowest BCUT2D eigenvalue weighted by atomic mass is 10.1. The number of halogens is 1. The molecule has 1 aromatic carbocycles. The lowest BCUT2D eigenvalue weighted by Gasteiger charge is -2.14. The van der Waals surface area contributed by atoms with Crippen LogP contribution in [0.15, 0.2) is 23.2 Å².